The highest BCUT2D eigenvalue weighted by Crippen LogP contribution is 2.17. The van der Waals surface area contributed by atoms with Gasteiger partial charge in [-0.15, -0.1) is 11.8 Å². The first-order valence-electron chi connectivity index (χ1n) is 5.61. The summed E-state index contributed by atoms with van der Waals surface area (Å²) in [5.74, 6) is -0.203. The molecule has 18 heavy (non-hydrogen) atoms. The van der Waals surface area contributed by atoms with Gasteiger partial charge in [-0.1, -0.05) is 0 Å². The predicted molar refractivity (Wildman–Crippen MR) is 73.9 cm³/mol. The van der Waals surface area contributed by atoms with E-state index < -0.39 is 6.03 Å². The molecule has 1 aromatic rings. The summed E-state index contributed by atoms with van der Waals surface area (Å²) in [6, 6.07) is 7.08. The molecule has 0 heterocycles. The molecule has 0 aliphatic rings. The number of nitrogens with one attached hydrogen (secondary N) is 3. The van der Waals surface area contributed by atoms with E-state index in [-0.39, 0.29) is 12.5 Å². The molecule has 0 aromatic heterocycles. The minimum Gasteiger partial charge on any atom is -0.355 e. The van der Waals surface area contributed by atoms with Gasteiger partial charge in [-0.05, 0) is 37.4 Å². The highest BCUT2D eigenvalue weighted by molar-refractivity contribution is 7.98. The zero-order chi connectivity index (χ0) is 13.4. The van der Waals surface area contributed by atoms with Gasteiger partial charge in [0, 0.05) is 17.1 Å². The molecule has 0 unspecified atom stereocenters. The maximum Gasteiger partial charge on any atom is 0.319 e. The third kappa shape index (κ3) is 5.09. The molecule has 0 fully saturated rings. The van der Waals surface area contributed by atoms with Crippen LogP contribution in [-0.4, -0.2) is 31.3 Å². The Bertz CT molecular complexity index is 406. The van der Waals surface area contributed by atoms with E-state index in [2.05, 4.69) is 16.0 Å². The van der Waals surface area contributed by atoms with Gasteiger partial charge in [-0.3, -0.25) is 4.79 Å². The molecule has 6 heteroatoms. The van der Waals surface area contributed by atoms with Gasteiger partial charge in [0.15, 0.2) is 0 Å². The minimum atomic E-state index is -0.391. The van der Waals surface area contributed by atoms with Crippen LogP contribution < -0.4 is 16.0 Å². The van der Waals surface area contributed by atoms with Crippen molar-refractivity contribution >= 4 is 29.4 Å². The van der Waals surface area contributed by atoms with Gasteiger partial charge < -0.3 is 16.0 Å². The van der Waals surface area contributed by atoms with Crippen molar-refractivity contribution in [3.8, 4) is 0 Å². The summed E-state index contributed by atoms with van der Waals surface area (Å²) in [7, 11) is 0. The molecule has 0 saturated carbocycles. The lowest BCUT2D eigenvalue weighted by atomic mass is 10.3. The summed E-state index contributed by atoms with van der Waals surface area (Å²) in [5, 5.41) is 7.72. The highest BCUT2D eigenvalue weighted by Gasteiger charge is 2.04. The summed E-state index contributed by atoms with van der Waals surface area (Å²) < 4.78 is 0. The van der Waals surface area contributed by atoms with Gasteiger partial charge in [0.2, 0.25) is 5.91 Å². The fourth-order valence-corrected chi connectivity index (χ4v) is 1.68. The Balaban J connectivity index is 2.37. The topological polar surface area (TPSA) is 70.2 Å². The first-order valence-corrected chi connectivity index (χ1v) is 6.83. The van der Waals surface area contributed by atoms with E-state index in [1.807, 2.05) is 37.4 Å². The lowest BCUT2D eigenvalue weighted by Crippen LogP contribution is -2.38. The minimum absolute atomic E-state index is 0.0252. The Kier molecular flexibility index (Phi) is 6.07. The molecule has 3 N–H and O–H groups in total. The predicted octanol–water partition coefficient (Wildman–Crippen LogP) is 1.67. The molecule has 0 radical (unpaired) electrons. The first-order chi connectivity index (χ1) is 8.65. The lowest BCUT2D eigenvalue weighted by Gasteiger charge is -2.07. The van der Waals surface area contributed by atoms with Crippen molar-refractivity contribution in [3.05, 3.63) is 24.3 Å². The average Bonchev–Trinajstić information content (AvgIpc) is 2.38. The van der Waals surface area contributed by atoms with E-state index in [0.29, 0.717) is 12.2 Å². The molecule has 0 bridgehead atoms. The fraction of sp³-hybridized carbons (Fsp3) is 0.333. The Morgan fingerprint density at radius 1 is 1.17 bits per heavy atom. The summed E-state index contributed by atoms with van der Waals surface area (Å²) in [5.41, 5.74) is 0.696. The molecule has 0 spiro atoms. The van der Waals surface area contributed by atoms with Crippen LogP contribution in [0.4, 0.5) is 10.5 Å². The number of hydrogen-bond donors (Lipinski definition) is 3. The second kappa shape index (κ2) is 7.60. The van der Waals surface area contributed by atoms with Crippen LogP contribution in [0.2, 0.25) is 0 Å². The molecule has 3 amide bonds. The second-order valence-electron chi connectivity index (χ2n) is 3.49. The number of carbonyl (C=O) groups excluding carboxylic acids is 2. The third-order valence-corrected chi connectivity index (χ3v) is 2.87. The highest BCUT2D eigenvalue weighted by atomic mass is 32.2. The van der Waals surface area contributed by atoms with Crippen molar-refractivity contribution in [1.29, 1.82) is 0 Å². The lowest BCUT2D eigenvalue weighted by molar-refractivity contribution is -0.119. The molecule has 0 aliphatic carbocycles. The number of urea groups is 1. The quantitative estimate of drug-likeness (QED) is 0.711. The summed E-state index contributed by atoms with van der Waals surface area (Å²) >= 11 is 1.63. The molecule has 0 atom stereocenters. The maximum absolute atomic E-state index is 11.5. The largest absolute Gasteiger partial charge is 0.355 e. The van der Waals surface area contributed by atoms with E-state index >= 15 is 0 Å². The summed E-state index contributed by atoms with van der Waals surface area (Å²) in [4.78, 5) is 23.7. The molecule has 98 valence electrons. The van der Waals surface area contributed by atoms with Crippen LogP contribution in [0.1, 0.15) is 6.92 Å². The normalized spacial score (nSPS) is 9.67. The van der Waals surface area contributed by atoms with Crippen LogP contribution in [0.15, 0.2) is 29.2 Å². The number of rotatable bonds is 5. The Morgan fingerprint density at radius 2 is 1.83 bits per heavy atom. The van der Waals surface area contributed by atoms with Gasteiger partial charge in [0.1, 0.15) is 0 Å². The van der Waals surface area contributed by atoms with Crippen molar-refractivity contribution in [2.75, 3.05) is 24.7 Å². The molecular formula is C12H17N3O2S. The van der Waals surface area contributed by atoms with Gasteiger partial charge in [-0.25, -0.2) is 4.79 Å². The Morgan fingerprint density at radius 3 is 2.39 bits per heavy atom. The van der Waals surface area contributed by atoms with Crippen LogP contribution in [-0.2, 0) is 4.79 Å². The van der Waals surface area contributed by atoms with Gasteiger partial charge in [-0.2, -0.15) is 0 Å². The van der Waals surface area contributed by atoms with Crippen LogP contribution >= 0.6 is 11.8 Å². The smallest absolute Gasteiger partial charge is 0.319 e. The van der Waals surface area contributed by atoms with Crippen molar-refractivity contribution in [2.24, 2.45) is 0 Å². The first kappa shape index (κ1) is 14.4. The van der Waals surface area contributed by atoms with Gasteiger partial charge >= 0.3 is 6.03 Å². The fourth-order valence-electron chi connectivity index (χ4n) is 1.27. The molecule has 1 rings (SSSR count). The SMILES string of the molecule is CCNC(=O)CNC(=O)Nc1ccc(SC)cc1. The van der Waals surface area contributed by atoms with E-state index in [4.69, 9.17) is 0 Å². The third-order valence-electron chi connectivity index (χ3n) is 2.13. The average molecular weight is 267 g/mol. The number of benzene rings is 1. The van der Waals surface area contributed by atoms with Crippen molar-refractivity contribution in [1.82, 2.24) is 10.6 Å². The maximum atomic E-state index is 11.5. The summed E-state index contributed by atoms with van der Waals surface area (Å²) in [6.07, 6.45) is 1.99. The van der Waals surface area contributed by atoms with Crippen LogP contribution in [0.25, 0.3) is 0 Å². The monoisotopic (exact) mass is 267 g/mol. The van der Waals surface area contributed by atoms with E-state index in [1.54, 1.807) is 11.8 Å². The van der Waals surface area contributed by atoms with Gasteiger partial charge in [0.05, 0.1) is 6.54 Å². The standard InChI is InChI=1S/C12H17N3O2S/c1-3-13-11(16)8-14-12(17)15-9-4-6-10(18-2)7-5-9/h4-7H,3,8H2,1-2H3,(H,13,16)(H2,14,15,17). The number of amides is 3. The van der Waals surface area contributed by atoms with Crippen LogP contribution in [0, 0.1) is 0 Å². The van der Waals surface area contributed by atoms with Crippen LogP contribution in [0.5, 0.6) is 0 Å². The van der Waals surface area contributed by atoms with E-state index in [1.165, 1.54) is 0 Å². The van der Waals surface area contributed by atoms with E-state index in [0.717, 1.165) is 4.90 Å². The Hall–Kier alpha value is -1.69. The van der Waals surface area contributed by atoms with Crippen LogP contribution in [0.3, 0.4) is 0 Å². The zero-order valence-corrected chi connectivity index (χ0v) is 11.3. The molecule has 1 aromatic carbocycles. The van der Waals surface area contributed by atoms with Gasteiger partial charge in [0.25, 0.3) is 0 Å². The van der Waals surface area contributed by atoms with E-state index in [9.17, 15) is 9.59 Å². The molecule has 5 nitrogen and oxygen atoms in total. The summed E-state index contributed by atoms with van der Waals surface area (Å²) in [6.45, 7) is 2.35. The number of hydrogen-bond acceptors (Lipinski definition) is 3. The molecular weight excluding hydrogens is 250 g/mol. The van der Waals surface area contributed by atoms with Crippen molar-refractivity contribution in [2.45, 2.75) is 11.8 Å². The second-order valence-corrected chi connectivity index (χ2v) is 4.37. The molecule has 0 aliphatic heterocycles. The molecule has 0 saturated heterocycles. The number of thioether (sulfide) groups is 1. The van der Waals surface area contributed by atoms with Crippen molar-refractivity contribution < 1.29 is 9.59 Å². The number of likely N-dealkylation sites (N-methyl/N-ethyl adjacent to an activating group) is 1. The van der Waals surface area contributed by atoms with Crippen molar-refractivity contribution in [3.63, 3.8) is 0 Å². The zero-order valence-electron chi connectivity index (χ0n) is 10.4. The number of anilines is 1. The Labute approximate surface area is 111 Å². The number of carbonyl (C=O) groups is 2.